The first kappa shape index (κ1) is 11.9. The first-order valence-corrected chi connectivity index (χ1v) is 4.22. The Morgan fingerprint density at radius 1 is 1.62 bits per heavy atom. The molecular formula is C10H17NO2. The molecule has 0 spiro atoms. The Balaban J connectivity index is 4.25. The van der Waals surface area contributed by atoms with Crippen LogP contribution in [-0.4, -0.2) is 25.7 Å². The fourth-order valence-electron chi connectivity index (χ4n) is 0.957. The van der Waals surface area contributed by atoms with E-state index < -0.39 is 0 Å². The Morgan fingerprint density at radius 3 is 2.62 bits per heavy atom. The summed E-state index contributed by atoms with van der Waals surface area (Å²) >= 11 is 0. The zero-order valence-corrected chi connectivity index (χ0v) is 8.25. The average Bonchev–Trinajstić information content (AvgIpc) is 2.17. The molecule has 0 aromatic rings. The van der Waals surface area contributed by atoms with Crippen LogP contribution in [0, 0.1) is 5.92 Å². The fraction of sp³-hybridized carbons (Fsp3) is 0.500. The van der Waals surface area contributed by atoms with Gasteiger partial charge in [0, 0.05) is 6.54 Å². The van der Waals surface area contributed by atoms with Gasteiger partial charge in [-0.2, -0.15) is 0 Å². The Hall–Kier alpha value is -1.09. The summed E-state index contributed by atoms with van der Waals surface area (Å²) in [5.74, 6) is -0.221. The van der Waals surface area contributed by atoms with E-state index in [-0.39, 0.29) is 17.9 Å². The normalized spacial score (nSPS) is 14.3. The zero-order chi connectivity index (χ0) is 10.3. The largest absolute Gasteiger partial charge is 0.468 e. The monoisotopic (exact) mass is 183 g/mol. The van der Waals surface area contributed by atoms with E-state index in [1.165, 1.54) is 7.11 Å². The van der Waals surface area contributed by atoms with Crippen molar-refractivity contribution < 1.29 is 9.53 Å². The smallest absolute Gasteiger partial charge is 0.323 e. The van der Waals surface area contributed by atoms with Crippen molar-refractivity contribution in [3.63, 3.8) is 0 Å². The van der Waals surface area contributed by atoms with Crippen molar-refractivity contribution in [2.75, 3.05) is 13.7 Å². The van der Waals surface area contributed by atoms with Crippen LogP contribution in [0.5, 0.6) is 0 Å². The predicted octanol–water partition coefficient (Wildman–Crippen LogP) is 1.13. The van der Waals surface area contributed by atoms with Gasteiger partial charge in [0.25, 0.3) is 0 Å². The maximum atomic E-state index is 11.3. The zero-order valence-electron chi connectivity index (χ0n) is 8.25. The Kier molecular flexibility index (Phi) is 5.89. The summed E-state index contributed by atoms with van der Waals surface area (Å²) in [5, 5.41) is 3.01. The summed E-state index contributed by atoms with van der Waals surface area (Å²) < 4.78 is 4.65. The van der Waals surface area contributed by atoms with Crippen LogP contribution in [0.3, 0.4) is 0 Å². The lowest BCUT2D eigenvalue weighted by molar-refractivity contribution is -0.143. The lowest BCUT2D eigenvalue weighted by Gasteiger charge is -2.19. The van der Waals surface area contributed by atoms with Crippen LogP contribution in [0.4, 0.5) is 0 Å². The van der Waals surface area contributed by atoms with Gasteiger partial charge < -0.3 is 10.1 Å². The number of carbonyl (C=O) groups excluding carboxylic acids is 1. The average molecular weight is 183 g/mol. The molecule has 0 unspecified atom stereocenters. The van der Waals surface area contributed by atoms with Crippen molar-refractivity contribution in [2.24, 2.45) is 5.92 Å². The molecule has 0 heterocycles. The highest BCUT2D eigenvalue weighted by Crippen LogP contribution is 2.05. The van der Waals surface area contributed by atoms with Crippen LogP contribution in [0.25, 0.3) is 0 Å². The lowest BCUT2D eigenvalue weighted by Crippen LogP contribution is -2.42. The highest BCUT2D eigenvalue weighted by molar-refractivity contribution is 5.76. The molecule has 1 N–H and O–H groups in total. The Morgan fingerprint density at radius 2 is 2.23 bits per heavy atom. The third kappa shape index (κ3) is 3.90. The second-order valence-corrected chi connectivity index (χ2v) is 2.79. The van der Waals surface area contributed by atoms with Gasteiger partial charge >= 0.3 is 5.97 Å². The van der Waals surface area contributed by atoms with Crippen LogP contribution in [0.2, 0.25) is 0 Å². The Labute approximate surface area is 79.5 Å². The molecule has 0 saturated heterocycles. The highest BCUT2D eigenvalue weighted by Gasteiger charge is 2.22. The molecule has 3 heteroatoms. The topological polar surface area (TPSA) is 38.3 Å². The molecule has 0 aliphatic heterocycles. The molecule has 0 saturated carbocycles. The molecule has 2 atom stereocenters. The molecule has 0 radical (unpaired) electrons. The van der Waals surface area contributed by atoms with E-state index in [0.29, 0.717) is 6.54 Å². The van der Waals surface area contributed by atoms with Crippen molar-refractivity contribution in [1.29, 1.82) is 0 Å². The summed E-state index contributed by atoms with van der Waals surface area (Å²) in [6, 6.07) is -0.333. The summed E-state index contributed by atoms with van der Waals surface area (Å²) in [7, 11) is 1.38. The number of ether oxygens (including phenoxy) is 1. The van der Waals surface area contributed by atoms with Gasteiger partial charge in [0.1, 0.15) is 6.04 Å². The third-order valence-electron chi connectivity index (χ3n) is 1.83. The van der Waals surface area contributed by atoms with Gasteiger partial charge in [-0.25, -0.2) is 0 Å². The van der Waals surface area contributed by atoms with Crippen molar-refractivity contribution in [1.82, 2.24) is 5.32 Å². The predicted molar refractivity (Wildman–Crippen MR) is 53.4 cm³/mol. The van der Waals surface area contributed by atoms with Gasteiger partial charge in [0.15, 0.2) is 0 Å². The van der Waals surface area contributed by atoms with Gasteiger partial charge in [-0.05, 0) is 5.92 Å². The second kappa shape index (κ2) is 6.43. The molecule has 0 aromatic heterocycles. The molecular weight excluding hydrogens is 166 g/mol. The fourth-order valence-corrected chi connectivity index (χ4v) is 0.957. The number of carbonyl (C=O) groups is 1. The first-order valence-electron chi connectivity index (χ1n) is 4.22. The van der Waals surface area contributed by atoms with Crippen LogP contribution in [0.1, 0.15) is 6.92 Å². The van der Waals surface area contributed by atoms with Crippen LogP contribution in [0.15, 0.2) is 25.3 Å². The summed E-state index contributed by atoms with van der Waals surface area (Å²) in [4.78, 5) is 11.3. The molecule has 0 bridgehead atoms. The standard InChI is InChI=1S/C10H17NO2/c1-5-7-11-9(8(3)6-2)10(12)13-4/h5-6,8-9,11H,1-2,7H2,3-4H3/t8-,9+/m1/s1. The molecule has 0 rings (SSSR count). The molecule has 3 nitrogen and oxygen atoms in total. The number of hydrogen-bond acceptors (Lipinski definition) is 3. The molecule has 0 aromatic carbocycles. The van der Waals surface area contributed by atoms with Crippen molar-refractivity contribution in [3.05, 3.63) is 25.3 Å². The second-order valence-electron chi connectivity index (χ2n) is 2.79. The lowest BCUT2D eigenvalue weighted by atomic mass is 10.0. The van der Waals surface area contributed by atoms with Crippen molar-refractivity contribution >= 4 is 5.97 Å². The molecule has 13 heavy (non-hydrogen) atoms. The van der Waals surface area contributed by atoms with E-state index >= 15 is 0 Å². The third-order valence-corrected chi connectivity index (χ3v) is 1.83. The van der Waals surface area contributed by atoms with Crippen LogP contribution in [-0.2, 0) is 9.53 Å². The minimum Gasteiger partial charge on any atom is -0.468 e. The van der Waals surface area contributed by atoms with Crippen LogP contribution < -0.4 is 5.32 Å². The molecule has 0 fully saturated rings. The highest BCUT2D eigenvalue weighted by atomic mass is 16.5. The van der Waals surface area contributed by atoms with Gasteiger partial charge in [0.2, 0.25) is 0 Å². The molecule has 0 aliphatic carbocycles. The number of hydrogen-bond donors (Lipinski definition) is 1. The van der Waals surface area contributed by atoms with Crippen molar-refractivity contribution in [3.8, 4) is 0 Å². The summed E-state index contributed by atoms with van der Waals surface area (Å²) in [6.07, 6.45) is 3.42. The number of esters is 1. The number of rotatable bonds is 6. The first-order chi connectivity index (χ1) is 6.17. The maximum absolute atomic E-state index is 11.3. The Bertz CT molecular complexity index is 189. The molecule has 0 amide bonds. The van der Waals surface area contributed by atoms with E-state index in [1.54, 1.807) is 12.2 Å². The van der Waals surface area contributed by atoms with Gasteiger partial charge in [0.05, 0.1) is 7.11 Å². The SMILES string of the molecule is C=CCN[C@H](C(=O)OC)[C@H](C)C=C. The van der Waals surface area contributed by atoms with Gasteiger partial charge in [-0.15, -0.1) is 13.2 Å². The minimum atomic E-state index is -0.333. The van der Waals surface area contributed by atoms with Gasteiger partial charge in [-0.1, -0.05) is 19.1 Å². The minimum absolute atomic E-state index is 0.0485. The summed E-state index contributed by atoms with van der Waals surface area (Å²) in [6.45, 7) is 9.68. The van der Waals surface area contributed by atoms with Crippen molar-refractivity contribution in [2.45, 2.75) is 13.0 Å². The maximum Gasteiger partial charge on any atom is 0.323 e. The van der Waals surface area contributed by atoms with E-state index in [4.69, 9.17) is 0 Å². The van der Waals surface area contributed by atoms with E-state index in [9.17, 15) is 4.79 Å². The van der Waals surface area contributed by atoms with Gasteiger partial charge in [-0.3, -0.25) is 4.79 Å². The molecule has 0 aliphatic rings. The molecule has 74 valence electrons. The van der Waals surface area contributed by atoms with E-state index in [0.717, 1.165) is 0 Å². The number of nitrogens with one attached hydrogen (secondary N) is 1. The number of methoxy groups -OCH3 is 1. The quantitative estimate of drug-likeness (QED) is 0.495. The summed E-state index contributed by atoms with van der Waals surface area (Å²) in [5.41, 5.74) is 0. The van der Waals surface area contributed by atoms with E-state index in [2.05, 4.69) is 23.2 Å². The van der Waals surface area contributed by atoms with Crippen LogP contribution >= 0.6 is 0 Å². The van der Waals surface area contributed by atoms with E-state index in [1.807, 2.05) is 6.92 Å².